The number of hydrogen-bond acceptors (Lipinski definition) is 6. The van der Waals surface area contributed by atoms with Crippen molar-refractivity contribution < 1.29 is 9.47 Å². The average molecular weight is 540 g/mol. The molecule has 30 heavy (non-hydrogen) atoms. The second-order valence-electron chi connectivity index (χ2n) is 8.93. The van der Waals surface area contributed by atoms with Crippen LogP contribution in [0.4, 0.5) is 5.82 Å². The van der Waals surface area contributed by atoms with E-state index in [0.29, 0.717) is 12.8 Å². The van der Waals surface area contributed by atoms with E-state index in [9.17, 15) is 0 Å². The lowest BCUT2D eigenvalue weighted by atomic mass is 10.2. The molecule has 1 aliphatic heterocycles. The largest absolute Gasteiger partial charge is 0.377 e. The molecule has 162 valence electrons. The third kappa shape index (κ3) is 4.87. The zero-order chi connectivity index (χ0) is 21.3. The first-order chi connectivity index (χ1) is 14.3. The first-order valence-electron chi connectivity index (χ1n) is 10.3. The Kier molecular flexibility index (Phi) is 6.46. The van der Waals surface area contributed by atoms with Gasteiger partial charge in [0.15, 0.2) is 11.5 Å². The van der Waals surface area contributed by atoms with Crippen molar-refractivity contribution in [3.63, 3.8) is 0 Å². The number of rotatable bonds is 7. The Morgan fingerprint density at radius 3 is 2.90 bits per heavy atom. The average Bonchev–Trinajstić information content (AvgIpc) is 3.31. The SMILES string of the molecule is C[C@@H]1COCCN1c1cc(I)c2cnn(-c3ccn(COCC[Si](C)(C)C)n3)c2n1. The van der Waals surface area contributed by atoms with Crippen molar-refractivity contribution in [1.82, 2.24) is 24.5 Å². The van der Waals surface area contributed by atoms with Crippen LogP contribution in [0.15, 0.2) is 24.5 Å². The molecular formula is C20H29IN6O2Si. The van der Waals surface area contributed by atoms with Gasteiger partial charge >= 0.3 is 0 Å². The fourth-order valence-electron chi connectivity index (χ4n) is 3.40. The fraction of sp³-hybridized carbons (Fsp3) is 0.550. The van der Waals surface area contributed by atoms with Gasteiger partial charge in [0, 0.05) is 37.1 Å². The lowest BCUT2D eigenvalue weighted by Gasteiger charge is -2.34. The minimum Gasteiger partial charge on any atom is -0.377 e. The third-order valence-corrected chi connectivity index (χ3v) is 7.80. The molecule has 0 amide bonds. The van der Waals surface area contributed by atoms with Crippen molar-refractivity contribution in [2.75, 3.05) is 31.3 Å². The second kappa shape index (κ2) is 8.93. The highest BCUT2D eigenvalue weighted by molar-refractivity contribution is 14.1. The van der Waals surface area contributed by atoms with Gasteiger partial charge in [-0.3, -0.25) is 0 Å². The maximum absolute atomic E-state index is 5.81. The van der Waals surface area contributed by atoms with E-state index >= 15 is 0 Å². The van der Waals surface area contributed by atoms with E-state index in [1.807, 2.05) is 27.8 Å². The Morgan fingerprint density at radius 2 is 2.13 bits per heavy atom. The molecule has 1 atom stereocenters. The Balaban J connectivity index is 1.55. The van der Waals surface area contributed by atoms with Crippen LogP contribution in [0.1, 0.15) is 6.92 Å². The summed E-state index contributed by atoms with van der Waals surface area (Å²) in [7, 11) is -1.08. The van der Waals surface area contributed by atoms with E-state index in [4.69, 9.17) is 14.5 Å². The number of hydrogen-bond donors (Lipinski definition) is 0. The van der Waals surface area contributed by atoms with Crippen LogP contribution in [0.2, 0.25) is 25.7 Å². The summed E-state index contributed by atoms with van der Waals surface area (Å²) in [6.07, 6.45) is 3.79. The lowest BCUT2D eigenvalue weighted by Crippen LogP contribution is -2.44. The van der Waals surface area contributed by atoms with Crippen molar-refractivity contribution in [2.24, 2.45) is 0 Å². The predicted molar refractivity (Wildman–Crippen MR) is 129 cm³/mol. The summed E-state index contributed by atoms with van der Waals surface area (Å²) in [5.41, 5.74) is 0.820. The number of aromatic nitrogens is 5. The summed E-state index contributed by atoms with van der Waals surface area (Å²) < 4.78 is 16.1. The van der Waals surface area contributed by atoms with Gasteiger partial charge in [0.1, 0.15) is 12.5 Å². The molecule has 8 nitrogen and oxygen atoms in total. The van der Waals surface area contributed by atoms with Crippen LogP contribution < -0.4 is 4.90 Å². The van der Waals surface area contributed by atoms with E-state index in [1.54, 1.807) is 0 Å². The molecule has 0 radical (unpaired) electrons. The Labute approximate surface area is 191 Å². The van der Waals surface area contributed by atoms with Gasteiger partial charge in [-0.2, -0.15) is 14.9 Å². The molecule has 0 N–H and O–H groups in total. The highest BCUT2D eigenvalue weighted by atomic mass is 127. The Morgan fingerprint density at radius 1 is 1.30 bits per heavy atom. The minimum atomic E-state index is -1.08. The highest BCUT2D eigenvalue weighted by Crippen LogP contribution is 2.27. The molecule has 3 aromatic heterocycles. The number of morpholine rings is 1. The van der Waals surface area contributed by atoms with Crippen molar-refractivity contribution >= 4 is 47.5 Å². The van der Waals surface area contributed by atoms with Crippen molar-refractivity contribution in [1.29, 1.82) is 0 Å². The van der Waals surface area contributed by atoms with E-state index in [0.717, 1.165) is 58.6 Å². The molecule has 0 aromatic carbocycles. The number of anilines is 1. The van der Waals surface area contributed by atoms with Gasteiger partial charge in [-0.05, 0) is 41.6 Å². The van der Waals surface area contributed by atoms with E-state index < -0.39 is 8.07 Å². The molecule has 0 bridgehead atoms. The second-order valence-corrected chi connectivity index (χ2v) is 15.7. The van der Waals surface area contributed by atoms with Crippen molar-refractivity contribution in [3.05, 3.63) is 28.1 Å². The van der Waals surface area contributed by atoms with E-state index in [2.05, 4.69) is 70.3 Å². The summed E-state index contributed by atoms with van der Waals surface area (Å²) in [4.78, 5) is 7.25. The Bertz CT molecular complexity index is 1010. The molecule has 4 heterocycles. The zero-order valence-corrected chi connectivity index (χ0v) is 21.2. The molecule has 1 aliphatic rings. The third-order valence-electron chi connectivity index (χ3n) is 5.20. The summed E-state index contributed by atoms with van der Waals surface area (Å²) in [6, 6.07) is 5.52. The Hall–Kier alpha value is -1.50. The molecular weight excluding hydrogens is 511 g/mol. The quantitative estimate of drug-likeness (QED) is 0.258. The molecule has 0 spiro atoms. The molecule has 1 fully saturated rings. The van der Waals surface area contributed by atoms with Crippen LogP contribution in [0.3, 0.4) is 0 Å². The van der Waals surface area contributed by atoms with Crippen molar-refractivity contribution in [2.45, 2.75) is 45.4 Å². The van der Waals surface area contributed by atoms with Crippen LogP contribution in [0.25, 0.3) is 16.9 Å². The molecule has 10 heteroatoms. The van der Waals surface area contributed by atoms with Gasteiger partial charge in [-0.1, -0.05) is 19.6 Å². The zero-order valence-electron chi connectivity index (χ0n) is 18.0. The summed E-state index contributed by atoms with van der Waals surface area (Å²) >= 11 is 2.36. The first kappa shape index (κ1) is 21.7. The van der Waals surface area contributed by atoms with E-state index in [1.165, 1.54) is 0 Å². The van der Waals surface area contributed by atoms with Crippen LogP contribution in [0.5, 0.6) is 0 Å². The maximum Gasteiger partial charge on any atom is 0.177 e. The monoisotopic (exact) mass is 540 g/mol. The van der Waals surface area contributed by atoms with Crippen LogP contribution >= 0.6 is 22.6 Å². The predicted octanol–water partition coefficient (Wildman–Crippen LogP) is 3.76. The van der Waals surface area contributed by atoms with Gasteiger partial charge < -0.3 is 14.4 Å². The number of pyridine rings is 1. The highest BCUT2D eigenvalue weighted by Gasteiger charge is 2.22. The van der Waals surface area contributed by atoms with Gasteiger partial charge in [-0.15, -0.1) is 0 Å². The van der Waals surface area contributed by atoms with Gasteiger partial charge in [0.05, 0.1) is 30.8 Å². The molecule has 3 aromatic rings. The van der Waals surface area contributed by atoms with Gasteiger partial charge in [-0.25, -0.2) is 9.67 Å². The number of fused-ring (bicyclic) bond motifs is 1. The van der Waals surface area contributed by atoms with E-state index in [-0.39, 0.29) is 0 Å². The molecule has 0 saturated carbocycles. The van der Waals surface area contributed by atoms with Gasteiger partial charge in [0.2, 0.25) is 0 Å². The summed E-state index contributed by atoms with van der Waals surface area (Å²) in [6.45, 7) is 12.7. The lowest BCUT2D eigenvalue weighted by molar-refractivity contribution is 0.0785. The number of nitrogens with zero attached hydrogens (tertiary/aromatic N) is 6. The van der Waals surface area contributed by atoms with Crippen LogP contribution in [-0.2, 0) is 16.2 Å². The normalized spacial score (nSPS) is 17.8. The van der Waals surface area contributed by atoms with Crippen LogP contribution in [-0.4, -0.2) is 65.0 Å². The smallest absolute Gasteiger partial charge is 0.177 e. The standard InChI is InChI=1S/C20H29IN6O2Si/c1-15-13-28-8-7-26(15)19-11-17(21)16-12-22-27(20(16)23-19)18-5-6-25(24-18)14-29-9-10-30(2,3)4/h5-6,11-12,15H,7-10,13-14H2,1-4H3/t15-/m1/s1. The molecule has 1 saturated heterocycles. The fourth-order valence-corrected chi connectivity index (χ4v) is 4.82. The van der Waals surface area contributed by atoms with Crippen molar-refractivity contribution in [3.8, 4) is 5.82 Å². The topological polar surface area (TPSA) is 70.2 Å². The molecule has 0 aliphatic carbocycles. The summed E-state index contributed by atoms with van der Waals surface area (Å²) in [5.74, 6) is 1.70. The van der Waals surface area contributed by atoms with Crippen LogP contribution in [0, 0.1) is 3.57 Å². The van der Waals surface area contributed by atoms with Gasteiger partial charge in [0.25, 0.3) is 0 Å². The number of ether oxygens (including phenoxy) is 2. The maximum atomic E-state index is 5.81. The summed E-state index contributed by atoms with van der Waals surface area (Å²) in [5, 5.41) is 10.2. The minimum absolute atomic E-state index is 0.295. The number of halogens is 1. The first-order valence-corrected chi connectivity index (χ1v) is 15.1. The molecule has 4 rings (SSSR count). The molecule has 0 unspecified atom stereocenters.